The first-order valence-electron chi connectivity index (χ1n) is 5.13. The predicted octanol–water partition coefficient (Wildman–Crippen LogP) is 1.08. The van der Waals surface area contributed by atoms with E-state index < -0.39 is 0 Å². The lowest BCUT2D eigenvalue weighted by Crippen LogP contribution is -2.57. The molecule has 0 aromatic carbocycles. The van der Waals surface area contributed by atoms with Gasteiger partial charge in [-0.2, -0.15) is 0 Å². The molecule has 2 fully saturated rings. The molecule has 0 bridgehead atoms. The zero-order chi connectivity index (χ0) is 8.60. The third-order valence-corrected chi connectivity index (χ3v) is 2.86. The van der Waals surface area contributed by atoms with Crippen LogP contribution >= 0.6 is 0 Å². The minimum Gasteiger partial charge on any atom is -0.309 e. The van der Waals surface area contributed by atoms with Crippen molar-refractivity contribution in [3.63, 3.8) is 0 Å². The van der Waals surface area contributed by atoms with Crippen LogP contribution in [0.1, 0.15) is 26.7 Å². The van der Waals surface area contributed by atoms with E-state index >= 15 is 0 Å². The third-order valence-electron chi connectivity index (χ3n) is 2.86. The van der Waals surface area contributed by atoms with Crippen molar-refractivity contribution in [3.05, 3.63) is 0 Å². The zero-order valence-electron chi connectivity index (χ0n) is 8.27. The average Bonchev–Trinajstić information content (AvgIpc) is 2.69. The monoisotopic (exact) mass is 168 g/mol. The van der Waals surface area contributed by atoms with Gasteiger partial charge in [-0.3, -0.25) is 4.90 Å². The smallest absolute Gasteiger partial charge is 0.0252 e. The molecule has 1 saturated heterocycles. The number of nitrogens with one attached hydrogen (secondary N) is 1. The number of hydrogen-bond donors (Lipinski definition) is 1. The van der Waals surface area contributed by atoms with E-state index in [2.05, 4.69) is 24.1 Å². The summed E-state index contributed by atoms with van der Waals surface area (Å²) in [4.78, 5) is 2.62. The predicted molar refractivity (Wildman–Crippen MR) is 51.2 cm³/mol. The number of piperazine rings is 1. The Morgan fingerprint density at radius 2 is 2.17 bits per heavy atom. The Bertz CT molecular complexity index is 161. The first kappa shape index (κ1) is 8.52. The molecule has 2 rings (SSSR count). The molecule has 0 radical (unpaired) electrons. The molecule has 1 heterocycles. The summed E-state index contributed by atoms with van der Waals surface area (Å²) in [5.41, 5.74) is 0.340. The Morgan fingerprint density at radius 1 is 1.42 bits per heavy atom. The first-order valence-corrected chi connectivity index (χ1v) is 5.13. The normalized spacial score (nSPS) is 30.5. The summed E-state index contributed by atoms with van der Waals surface area (Å²) in [6.07, 6.45) is 2.95. The molecule has 0 amide bonds. The lowest BCUT2D eigenvalue weighted by molar-refractivity contribution is 0.149. The van der Waals surface area contributed by atoms with Crippen LogP contribution in [0, 0.1) is 5.92 Å². The highest BCUT2D eigenvalue weighted by molar-refractivity contribution is 4.89. The van der Waals surface area contributed by atoms with E-state index in [0.29, 0.717) is 5.54 Å². The van der Waals surface area contributed by atoms with E-state index in [1.807, 2.05) is 0 Å². The van der Waals surface area contributed by atoms with Crippen molar-refractivity contribution in [1.29, 1.82) is 0 Å². The fraction of sp³-hybridized carbons (Fsp3) is 1.00. The van der Waals surface area contributed by atoms with E-state index in [0.717, 1.165) is 5.92 Å². The van der Waals surface area contributed by atoms with Gasteiger partial charge in [0.05, 0.1) is 0 Å². The summed E-state index contributed by atoms with van der Waals surface area (Å²) in [7, 11) is 0. The molecule has 2 heteroatoms. The standard InChI is InChI=1S/C10H20N2/c1-10(2)8-12(6-5-11-10)7-9-3-4-9/h9,11H,3-8H2,1-2H3. The molecule has 0 aromatic heterocycles. The van der Waals surface area contributed by atoms with Crippen molar-refractivity contribution in [2.24, 2.45) is 5.92 Å². The summed E-state index contributed by atoms with van der Waals surface area (Å²) >= 11 is 0. The van der Waals surface area contributed by atoms with E-state index in [9.17, 15) is 0 Å². The van der Waals surface area contributed by atoms with Crippen LogP contribution in [0.4, 0.5) is 0 Å². The fourth-order valence-electron chi connectivity index (χ4n) is 2.07. The Morgan fingerprint density at radius 3 is 2.75 bits per heavy atom. The maximum Gasteiger partial charge on any atom is 0.0252 e. The van der Waals surface area contributed by atoms with Gasteiger partial charge >= 0.3 is 0 Å². The topological polar surface area (TPSA) is 15.3 Å². The Balaban J connectivity index is 1.81. The summed E-state index contributed by atoms with van der Waals surface area (Å²) < 4.78 is 0. The van der Waals surface area contributed by atoms with Crippen molar-refractivity contribution in [3.8, 4) is 0 Å². The lowest BCUT2D eigenvalue weighted by Gasteiger charge is -2.39. The maximum absolute atomic E-state index is 3.54. The van der Waals surface area contributed by atoms with Gasteiger partial charge in [0.25, 0.3) is 0 Å². The second-order valence-corrected chi connectivity index (χ2v) is 4.99. The molecule has 1 aliphatic carbocycles. The van der Waals surface area contributed by atoms with E-state index in [1.165, 1.54) is 39.0 Å². The maximum atomic E-state index is 3.54. The molecule has 2 aliphatic rings. The van der Waals surface area contributed by atoms with Gasteiger partial charge in [-0.1, -0.05) is 0 Å². The van der Waals surface area contributed by atoms with Gasteiger partial charge in [0.15, 0.2) is 0 Å². The molecule has 1 saturated carbocycles. The minimum absolute atomic E-state index is 0.340. The van der Waals surface area contributed by atoms with Gasteiger partial charge in [0.1, 0.15) is 0 Å². The van der Waals surface area contributed by atoms with Crippen LogP contribution in [-0.4, -0.2) is 36.6 Å². The zero-order valence-corrected chi connectivity index (χ0v) is 8.27. The number of nitrogens with zero attached hydrogens (tertiary/aromatic N) is 1. The second-order valence-electron chi connectivity index (χ2n) is 4.99. The molecule has 0 spiro atoms. The molecule has 70 valence electrons. The molecule has 1 aliphatic heterocycles. The molecule has 0 aromatic rings. The van der Waals surface area contributed by atoms with Gasteiger partial charge in [-0.15, -0.1) is 0 Å². The highest BCUT2D eigenvalue weighted by atomic mass is 15.2. The van der Waals surface area contributed by atoms with Gasteiger partial charge in [0, 0.05) is 31.7 Å². The largest absolute Gasteiger partial charge is 0.309 e. The molecular formula is C10H20N2. The average molecular weight is 168 g/mol. The third kappa shape index (κ3) is 2.20. The van der Waals surface area contributed by atoms with Crippen LogP contribution in [0.5, 0.6) is 0 Å². The van der Waals surface area contributed by atoms with Gasteiger partial charge < -0.3 is 5.32 Å². The van der Waals surface area contributed by atoms with Crippen molar-refractivity contribution in [2.45, 2.75) is 32.2 Å². The summed E-state index contributed by atoms with van der Waals surface area (Å²) in [5.74, 6) is 1.04. The van der Waals surface area contributed by atoms with Crippen LogP contribution in [0.25, 0.3) is 0 Å². The molecule has 2 nitrogen and oxygen atoms in total. The van der Waals surface area contributed by atoms with Crippen molar-refractivity contribution < 1.29 is 0 Å². The number of hydrogen-bond acceptors (Lipinski definition) is 2. The number of rotatable bonds is 2. The van der Waals surface area contributed by atoms with Gasteiger partial charge in [0.2, 0.25) is 0 Å². The highest BCUT2D eigenvalue weighted by Gasteiger charge is 2.30. The van der Waals surface area contributed by atoms with Crippen LogP contribution in [0.2, 0.25) is 0 Å². The van der Waals surface area contributed by atoms with Crippen LogP contribution in [0.3, 0.4) is 0 Å². The van der Waals surface area contributed by atoms with Crippen LogP contribution < -0.4 is 5.32 Å². The quantitative estimate of drug-likeness (QED) is 0.664. The van der Waals surface area contributed by atoms with E-state index in [4.69, 9.17) is 0 Å². The first-order chi connectivity index (χ1) is 5.66. The highest BCUT2D eigenvalue weighted by Crippen LogP contribution is 2.30. The Hall–Kier alpha value is -0.0800. The second kappa shape index (κ2) is 3.00. The molecule has 0 atom stereocenters. The van der Waals surface area contributed by atoms with E-state index in [-0.39, 0.29) is 0 Å². The van der Waals surface area contributed by atoms with Crippen molar-refractivity contribution >= 4 is 0 Å². The molecular weight excluding hydrogens is 148 g/mol. The van der Waals surface area contributed by atoms with Gasteiger partial charge in [-0.05, 0) is 32.6 Å². The van der Waals surface area contributed by atoms with Gasteiger partial charge in [-0.25, -0.2) is 0 Å². The Kier molecular flexibility index (Phi) is 2.13. The van der Waals surface area contributed by atoms with Crippen LogP contribution in [0.15, 0.2) is 0 Å². The fourth-order valence-corrected chi connectivity index (χ4v) is 2.07. The minimum atomic E-state index is 0.340. The Labute approximate surface area is 75.3 Å². The van der Waals surface area contributed by atoms with Crippen LogP contribution in [-0.2, 0) is 0 Å². The lowest BCUT2D eigenvalue weighted by atomic mass is 10.0. The van der Waals surface area contributed by atoms with Crippen molar-refractivity contribution in [1.82, 2.24) is 10.2 Å². The van der Waals surface area contributed by atoms with Crippen molar-refractivity contribution in [2.75, 3.05) is 26.2 Å². The molecule has 0 unspecified atom stereocenters. The van der Waals surface area contributed by atoms with E-state index in [1.54, 1.807) is 0 Å². The summed E-state index contributed by atoms with van der Waals surface area (Å²) in [6, 6.07) is 0. The SMILES string of the molecule is CC1(C)CN(CC2CC2)CCN1. The molecule has 12 heavy (non-hydrogen) atoms. The molecule has 1 N–H and O–H groups in total. The summed E-state index contributed by atoms with van der Waals surface area (Å²) in [6.45, 7) is 9.59. The summed E-state index contributed by atoms with van der Waals surface area (Å²) in [5, 5.41) is 3.54.